The monoisotopic (exact) mass is 272 g/mol. The van der Waals surface area contributed by atoms with Gasteiger partial charge in [0.25, 0.3) is 0 Å². The second-order valence-electron chi connectivity index (χ2n) is 2.69. The molecule has 0 atom stereocenters. The van der Waals surface area contributed by atoms with Gasteiger partial charge in [-0.1, -0.05) is 28.1 Å². The largest absolute Gasteiger partial charge is 0.331 e. The van der Waals surface area contributed by atoms with E-state index in [4.69, 9.17) is 12.2 Å². The lowest BCUT2D eigenvalue weighted by molar-refractivity contribution is 0.774. The van der Waals surface area contributed by atoms with Crippen LogP contribution < -0.4 is 0 Å². The van der Waals surface area contributed by atoms with Crippen LogP contribution in [0.4, 0.5) is 0 Å². The van der Waals surface area contributed by atoms with Gasteiger partial charge in [-0.25, -0.2) is 0 Å². The molecule has 0 aliphatic carbocycles. The molecule has 4 heteroatoms. The van der Waals surface area contributed by atoms with Gasteiger partial charge in [0.1, 0.15) is 0 Å². The Morgan fingerprint density at radius 2 is 2.00 bits per heavy atom. The van der Waals surface area contributed by atoms with Gasteiger partial charge in [0.2, 0.25) is 0 Å². The highest BCUT2D eigenvalue weighted by molar-refractivity contribution is 9.08. The van der Waals surface area contributed by atoms with Crippen molar-refractivity contribution in [2.45, 2.75) is 13.5 Å². The second kappa shape index (κ2) is 5.32. The molecule has 0 bridgehead atoms. The molecule has 0 unspecified atom stereocenters. The summed E-state index contributed by atoms with van der Waals surface area (Å²) in [5.74, 6) is 1.81. The summed E-state index contributed by atoms with van der Waals surface area (Å²) in [6.45, 7) is 3.01. The minimum Gasteiger partial charge on any atom is -0.331 e. The van der Waals surface area contributed by atoms with Gasteiger partial charge in [0.15, 0.2) is 4.77 Å². The van der Waals surface area contributed by atoms with E-state index in [1.165, 1.54) is 5.52 Å². The number of fused-ring (bicyclic) bond motifs is 1. The third-order valence-corrected chi connectivity index (χ3v) is 2.32. The minimum absolute atomic E-state index is 0.804. The van der Waals surface area contributed by atoms with E-state index in [0.717, 1.165) is 16.8 Å². The molecule has 0 fully saturated rings. The van der Waals surface area contributed by atoms with Crippen LogP contribution >= 0.6 is 28.1 Å². The fourth-order valence-electron chi connectivity index (χ4n) is 1.42. The van der Waals surface area contributed by atoms with Crippen LogP contribution in [0, 0.1) is 4.77 Å². The molecule has 2 nitrogen and oxygen atoms in total. The van der Waals surface area contributed by atoms with Crippen LogP contribution in [0.2, 0.25) is 0 Å². The lowest BCUT2D eigenvalue weighted by Gasteiger charge is -1.96. The van der Waals surface area contributed by atoms with Crippen molar-refractivity contribution >= 4 is 39.2 Å². The first-order valence-corrected chi connectivity index (χ1v) is 6.37. The number of benzene rings is 1. The number of aryl methyl sites for hydroxylation is 1. The minimum atomic E-state index is 0.804. The molecule has 0 radical (unpaired) electrons. The number of imidazole rings is 1. The van der Waals surface area contributed by atoms with Gasteiger partial charge in [-0.2, -0.15) is 0 Å². The predicted octanol–water partition coefficient (Wildman–Crippen LogP) is 3.73. The second-order valence-corrected chi connectivity index (χ2v) is 3.08. The van der Waals surface area contributed by atoms with Crippen LogP contribution in [0.5, 0.6) is 0 Å². The van der Waals surface area contributed by atoms with Crippen LogP contribution in [0.15, 0.2) is 24.3 Å². The number of rotatable bonds is 1. The number of halogens is 1. The number of alkyl halides is 1. The lowest BCUT2D eigenvalue weighted by Crippen LogP contribution is -1.92. The number of aromatic amines is 1. The Labute approximate surface area is 97.1 Å². The van der Waals surface area contributed by atoms with Gasteiger partial charge in [-0.15, -0.1) is 0 Å². The van der Waals surface area contributed by atoms with E-state index in [1.54, 1.807) is 0 Å². The number of hydrogen-bond donors (Lipinski definition) is 1. The number of nitrogens with one attached hydrogen (secondary N) is 1. The number of hydrogen-bond acceptors (Lipinski definition) is 1. The predicted molar refractivity (Wildman–Crippen MR) is 67.6 cm³/mol. The first kappa shape index (κ1) is 11.5. The fourth-order valence-corrected chi connectivity index (χ4v) is 1.76. The van der Waals surface area contributed by atoms with Gasteiger partial charge in [0.05, 0.1) is 11.0 Å². The van der Waals surface area contributed by atoms with Crippen molar-refractivity contribution < 1.29 is 0 Å². The first-order chi connectivity index (χ1) is 6.83. The quantitative estimate of drug-likeness (QED) is 0.620. The molecule has 0 aliphatic heterocycles. The van der Waals surface area contributed by atoms with Crippen molar-refractivity contribution in [3.63, 3.8) is 0 Å². The number of nitrogens with zero attached hydrogens (tertiary/aromatic N) is 1. The maximum absolute atomic E-state index is 5.16. The van der Waals surface area contributed by atoms with Gasteiger partial charge in [-0.3, -0.25) is 0 Å². The lowest BCUT2D eigenvalue weighted by atomic mass is 10.3. The Bertz CT molecular complexity index is 458. The summed E-state index contributed by atoms with van der Waals surface area (Å²) in [4.78, 5) is 3.16. The molecule has 14 heavy (non-hydrogen) atoms. The van der Waals surface area contributed by atoms with E-state index >= 15 is 0 Å². The molecule has 0 saturated carbocycles. The Morgan fingerprint density at radius 3 is 2.64 bits per heavy atom. The van der Waals surface area contributed by atoms with Crippen molar-refractivity contribution in [2.24, 2.45) is 0 Å². The molecule has 1 aromatic heterocycles. The molecule has 0 saturated heterocycles. The average molecular weight is 273 g/mol. The highest BCUT2D eigenvalue weighted by Gasteiger charge is 1.99. The van der Waals surface area contributed by atoms with E-state index in [0.29, 0.717) is 0 Å². The third kappa shape index (κ3) is 2.07. The van der Waals surface area contributed by atoms with Gasteiger partial charge in [-0.05, 0) is 37.1 Å². The van der Waals surface area contributed by atoms with E-state index < -0.39 is 0 Å². The zero-order valence-corrected chi connectivity index (χ0v) is 10.7. The summed E-state index contributed by atoms with van der Waals surface area (Å²) in [5.41, 5.74) is 2.30. The Kier molecular flexibility index (Phi) is 4.35. The van der Waals surface area contributed by atoms with Crippen LogP contribution in [-0.2, 0) is 6.54 Å². The summed E-state index contributed by atoms with van der Waals surface area (Å²) in [7, 11) is 0. The van der Waals surface area contributed by atoms with Crippen LogP contribution in [0.1, 0.15) is 6.92 Å². The van der Waals surface area contributed by atoms with Crippen molar-refractivity contribution in [3.05, 3.63) is 29.0 Å². The number of aromatic nitrogens is 2. The summed E-state index contributed by atoms with van der Waals surface area (Å²) in [5, 5.41) is 0. The highest BCUT2D eigenvalue weighted by Crippen LogP contribution is 2.12. The molecule has 1 heterocycles. The zero-order valence-electron chi connectivity index (χ0n) is 8.25. The molecule has 0 aliphatic rings. The van der Waals surface area contributed by atoms with E-state index in [9.17, 15) is 0 Å². The number of H-pyrrole nitrogens is 1. The molecule has 76 valence electrons. The maximum Gasteiger partial charge on any atom is 0.178 e. The first-order valence-electron chi connectivity index (χ1n) is 4.38. The Balaban J connectivity index is 0.000000461. The molecule has 2 aromatic rings. The van der Waals surface area contributed by atoms with Gasteiger partial charge in [0, 0.05) is 6.54 Å². The topological polar surface area (TPSA) is 20.7 Å². The summed E-state index contributed by atoms with van der Waals surface area (Å²) in [6, 6.07) is 8.15. The SMILES string of the molecule is CBr.CCn1c(=S)[nH]c2ccccc21. The normalized spacial score (nSPS) is 9.64. The van der Waals surface area contributed by atoms with Crippen molar-refractivity contribution in [3.8, 4) is 0 Å². The van der Waals surface area contributed by atoms with Crippen LogP contribution in [-0.4, -0.2) is 15.4 Å². The van der Waals surface area contributed by atoms with E-state index in [-0.39, 0.29) is 0 Å². The number of para-hydroxylation sites is 2. The maximum atomic E-state index is 5.16. The third-order valence-electron chi connectivity index (χ3n) is 2.00. The van der Waals surface area contributed by atoms with Crippen molar-refractivity contribution in [2.75, 3.05) is 5.83 Å². The van der Waals surface area contributed by atoms with Crippen molar-refractivity contribution in [1.82, 2.24) is 9.55 Å². The van der Waals surface area contributed by atoms with E-state index in [1.807, 2.05) is 24.0 Å². The molecule has 2 rings (SSSR count). The molecule has 0 spiro atoms. The Morgan fingerprint density at radius 1 is 1.36 bits per heavy atom. The molecule has 1 aromatic carbocycles. The van der Waals surface area contributed by atoms with Gasteiger partial charge < -0.3 is 9.55 Å². The highest BCUT2D eigenvalue weighted by atomic mass is 79.9. The Hall–Kier alpha value is -0.610. The summed E-state index contributed by atoms with van der Waals surface area (Å²) < 4.78 is 2.89. The summed E-state index contributed by atoms with van der Waals surface area (Å²) >= 11 is 8.10. The van der Waals surface area contributed by atoms with Crippen LogP contribution in [0.3, 0.4) is 0 Å². The standard InChI is InChI=1S/C9H10N2S.CH3Br/c1-2-11-8-6-4-3-5-7(8)10-9(11)12;1-2/h3-6H,2H2,1H3,(H,10,12);1H3. The summed E-state index contributed by atoms with van der Waals surface area (Å²) in [6.07, 6.45) is 0. The molecular formula is C10H13BrN2S. The zero-order chi connectivity index (χ0) is 10.6. The smallest absolute Gasteiger partial charge is 0.178 e. The van der Waals surface area contributed by atoms with Gasteiger partial charge >= 0.3 is 0 Å². The van der Waals surface area contributed by atoms with E-state index in [2.05, 4.69) is 38.5 Å². The van der Waals surface area contributed by atoms with Crippen LogP contribution in [0.25, 0.3) is 11.0 Å². The fraction of sp³-hybridized carbons (Fsp3) is 0.300. The molecule has 0 amide bonds. The molecular weight excluding hydrogens is 260 g/mol. The average Bonchev–Trinajstić information content (AvgIpc) is 2.56. The van der Waals surface area contributed by atoms with Crippen molar-refractivity contribution in [1.29, 1.82) is 0 Å². The molecule has 1 N–H and O–H groups in total.